The van der Waals surface area contributed by atoms with Crippen molar-refractivity contribution >= 4 is 15.8 Å². The lowest BCUT2D eigenvalue weighted by atomic mass is 10.2. The molecular formula is C24H38N2P2. The minimum atomic E-state index is -0.0492. The summed E-state index contributed by atoms with van der Waals surface area (Å²) in [6.45, 7) is 18.8. The topological polar surface area (TPSA) is 25.8 Å². The summed E-state index contributed by atoms with van der Waals surface area (Å²) in [7, 11) is -0.0984. The van der Waals surface area contributed by atoms with Gasteiger partial charge in [-0.15, -0.1) is 0 Å². The van der Waals surface area contributed by atoms with Gasteiger partial charge in [0.25, 0.3) is 0 Å². The number of rotatable bonds is 9. The van der Waals surface area contributed by atoms with Gasteiger partial charge in [0.1, 0.15) is 0 Å². The first kappa shape index (κ1) is 23.4. The van der Waals surface area contributed by atoms with Gasteiger partial charge in [-0.3, -0.25) is 9.97 Å². The molecule has 0 atom stereocenters. The van der Waals surface area contributed by atoms with E-state index in [0.29, 0.717) is 0 Å². The average molecular weight is 417 g/mol. The lowest BCUT2D eigenvalue weighted by Crippen LogP contribution is -2.07. The summed E-state index contributed by atoms with van der Waals surface area (Å²) in [5.41, 5.74) is 7.37. The molecule has 2 aromatic heterocycles. The summed E-state index contributed by atoms with van der Waals surface area (Å²) in [6, 6.07) is 12.9. The number of pyridine rings is 2. The van der Waals surface area contributed by atoms with Crippen LogP contribution in [0.1, 0.15) is 66.8 Å². The monoisotopic (exact) mass is 416 g/mol. The third-order valence-corrected chi connectivity index (χ3v) is 11.9. The van der Waals surface area contributed by atoms with Crippen LogP contribution in [0.4, 0.5) is 0 Å². The van der Waals surface area contributed by atoms with Gasteiger partial charge in [-0.2, -0.15) is 0 Å². The molecule has 0 aromatic carbocycles. The van der Waals surface area contributed by atoms with E-state index in [9.17, 15) is 0 Å². The van der Waals surface area contributed by atoms with Crippen LogP contribution in [0.5, 0.6) is 0 Å². The summed E-state index contributed by atoms with van der Waals surface area (Å²) in [5, 5.41) is 0. The van der Waals surface area contributed by atoms with E-state index >= 15 is 0 Å². The summed E-state index contributed by atoms with van der Waals surface area (Å²) in [6.07, 6.45) is 2.20. The number of nitrogens with zero attached hydrogens (tertiary/aromatic N) is 2. The van der Waals surface area contributed by atoms with Crippen LogP contribution in [0.25, 0.3) is 11.4 Å². The summed E-state index contributed by atoms with van der Waals surface area (Å²) >= 11 is 0. The Kier molecular flexibility index (Phi) is 9.04. The standard InChI is InChI=1S/C24H38N2P2/c1-17(2)27(18(3)4)15-21-11-9-13-23(25-21)24-14-10-12-22(26-24)16-28(19(5)6)20(7)8/h9-14,17-20H,15-16H2,1-8H3. The molecule has 0 amide bonds. The van der Waals surface area contributed by atoms with E-state index in [4.69, 9.17) is 9.97 Å². The Hall–Kier alpha value is -0.840. The molecule has 0 spiro atoms. The molecule has 154 valence electrons. The van der Waals surface area contributed by atoms with E-state index in [2.05, 4.69) is 91.8 Å². The minimum absolute atomic E-state index is 0.0492. The zero-order chi connectivity index (χ0) is 20.8. The quantitative estimate of drug-likeness (QED) is 0.391. The highest BCUT2D eigenvalue weighted by atomic mass is 31.1. The fraction of sp³-hybridized carbons (Fsp3) is 0.583. The van der Waals surface area contributed by atoms with Crippen LogP contribution in [0.2, 0.25) is 0 Å². The van der Waals surface area contributed by atoms with Crippen molar-refractivity contribution in [1.82, 2.24) is 9.97 Å². The van der Waals surface area contributed by atoms with Crippen molar-refractivity contribution in [3.8, 4) is 11.4 Å². The van der Waals surface area contributed by atoms with Crippen LogP contribution in [0, 0.1) is 0 Å². The summed E-state index contributed by atoms with van der Waals surface area (Å²) in [4.78, 5) is 9.99. The number of aromatic nitrogens is 2. The van der Waals surface area contributed by atoms with Crippen molar-refractivity contribution in [2.45, 2.75) is 90.3 Å². The van der Waals surface area contributed by atoms with E-state index < -0.39 is 0 Å². The molecule has 2 heterocycles. The van der Waals surface area contributed by atoms with Gasteiger partial charge in [0.05, 0.1) is 11.4 Å². The van der Waals surface area contributed by atoms with E-state index in [1.165, 1.54) is 11.4 Å². The molecular weight excluding hydrogens is 378 g/mol. The van der Waals surface area contributed by atoms with Crippen LogP contribution < -0.4 is 0 Å². The van der Waals surface area contributed by atoms with Crippen molar-refractivity contribution < 1.29 is 0 Å². The maximum Gasteiger partial charge on any atom is 0.0889 e. The van der Waals surface area contributed by atoms with Crippen LogP contribution >= 0.6 is 15.8 Å². The molecule has 0 aliphatic heterocycles. The van der Waals surface area contributed by atoms with E-state index in [0.717, 1.165) is 46.3 Å². The normalized spacial score (nSPS) is 12.4. The molecule has 0 bridgehead atoms. The lowest BCUT2D eigenvalue weighted by molar-refractivity contribution is 0.983. The maximum atomic E-state index is 5.00. The average Bonchev–Trinajstić information content (AvgIpc) is 2.63. The van der Waals surface area contributed by atoms with Gasteiger partial charge >= 0.3 is 0 Å². The van der Waals surface area contributed by atoms with Crippen LogP contribution in [-0.2, 0) is 12.3 Å². The predicted octanol–water partition coefficient (Wildman–Crippen LogP) is 7.74. The van der Waals surface area contributed by atoms with Gasteiger partial charge in [0.2, 0.25) is 0 Å². The fourth-order valence-electron chi connectivity index (χ4n) is 3.72. The molecule has 0 aliphatic carbocycles. The maximum absolute atomic E-state index is 5.00. The van der Waals surface area contributed by atoms with Crippen molar-refractivity contribution in [2.75, 3.05) is 0 Å². The smallest absolute Gasteiger partial charge is 0.0889 e. The van der Waals surface area contributed by atoms with Crippen molar-refractivity contribution in [3.05, 3.63) is 47.8 Å². The molecule has 0 saturated carbocycles. The first-order chi connectivity index (χ1) is 13.2. The Bertz CT molecular complexity index is 661. The molecule has 0 radical (unpaired) electrons. The lowest BCUT2D eigenvalue weighted by Gasteiger charge is -2.26. The molecule has 2 aromatic rings. The zero-order valence-corrected chi connectivity index (χ0v) is 20.8. The predicted molar refractivity (Wildman–Crippen MR) is 129 cm³/mol. The summed E-state index contributed by atoms with van der Waals surface area (Å²) in [5.74, 6) is 0. The van der Waals surface area contributed by atoms with E-state index in [-0.39, 0.29) is 15.8 Å². The van der Waals surface area contributed by atoms with Crippen molar-refractivity contribution in [3.63, 3.8) is 0 Å². The van der Waals surface area contributed by atoms with Crippen LogP contribution in [0.15, 0.2) is 36.4 Å². The summed E-state index contributed by atoms with van der Waals surface area (Å²) < 4.78 is 0. The second-order valence-corrected chi connectivity index (χ2v) is 15.6. The molecule has 4 heteroatoms. The highest BCUT2D eigenvalue weighted by Crippen LogP contribution is 2.49. The third kappa shape index (κ3) is 6.60. The van der Waals surface area contributed by atoms with Crippen LogP contribution in [-0.4, -0.2) is 32.6 Å². The number of hydrogen-bond donors (Lipinski definition) is 0. The van der Waals surface area contributed by atoms with Gasteiger partial charge in [-0.05, 0) is 46.9 Å². The molecule has 2 nitrogen and oxygen atoms in total. The largest absolute Gasteiger partial charge is 0.251 e. The SMILES string of the molecule is CC(C)P(Cc1cccc(-c2cccc(CP(C(C)C)C(C)C)n2)n1)C(C)C. The Labute approximate surface area is 175 Å². The van der Waals surface area contributed by atoms with Gasteiger partial charge in [0, 0.05) is 23.7 Å². The highest BCUT2D eigenvalue weighted by molar-refractivity contribution is 7.58. The molecule has 0 fully saturated rings. The first-order valence-electron chi connectivity index (χ1n) is 10.6. The van der Waals surface area contributed by atoms with E-state index in [1.807, 2.05) is 0 Å². The Balaban J connectivity index is 2.24. The zero-order valence-electron chi connectivity index (χ0n) is 19.0. The Morgan fingerprint density at radius 2 is 0.893 bits per heavy atom. The van der Waals surface area contributed by atoms with Gasteiger partial charge in [-0.1, -0.05) is 83.4 Å². The molecule has 0 saturated heterocycles. The second kappa shape index (κ2) is 10.8. The molecule has 0 aliphatic rings. The van der Waals surface area contributed by atoms with Crippen LogP contribution in [0.3, 0.4) is 0 Å². The molecule has 0 unspecified atom stereocenters. The first-order valence-corrected chi connectivity index (χ1v) is 14.0. The van der Waals surface area contributed by atoms with Crippen molar-refractivity contribution in [2.24, 2.45) is 0 Å². The van der Waals surface area contributed by atoms with Gasteiger partial charge in [0.15, 0.2) is 0 Å². The highest BCUT2D eigenvalue weighted by Gasteiger charge is 2.19. The molecule has 0 N–H and O–H groups in total. The minimum Gasteiger partial charge on any atom is -0.251 e. The van der Waals surface area contributed by atoms with Gasteiger partial charge in [-0.25, -0.2) is 0 Å². The second-order valence-electron chi connectivity index (χ2n) is 8.75. The Morgan fingerprint density at radius 1 is 0.571 bits per heavy atom. The van der Waals surface area contributed by atoms with Crippen molar-refractivity contribution in [1.29, 1.82) is 0 Å². The molecule has 28 heavy (non-hydrogen) atoms. The number of hydrogen-bond acceptors (Lipinski definition) is 2. The van der Waals surface area contributed by atoms with Gasteiger partial charge < -0.3 is 0 Å². The van der Waals surface area contributed by atoms with E-state index in [1.54, 1.807) is 0 Å². The Morgan fingerprint density at radius 3 is 1.18 bits per heavy atom. The third-order valence-electron chi connectivity index (χ3n) is 5.22. The molecule has 2 rings (SSSR count). The fourth-order valence-corrected chi connectivity index (χ4v) is 8.66.